The zero-order valence-electron chi connectivity index (χ0n) is 14.5. The largest absolute Gasteiger partial charge is 0.478 e. The van der Waals surface area contributed by atoms with Crippen molar-refractivity contribution in [1.82, 2.24) is 9.55 Å². The Bertz CT molecular complexity index is 1210. The summed E-state index contributed by atoms with van der Waals surface area (Å²) in [7, 11) is 0. The van der Waals surface area contributed by atoms with E-state index in [2.05, 4.69) is 4.98 Å². The summed E-state index contributed by atoms with van der Waals surface area (Å²) >= 11 is 1.45. The third kappa shape index (κ3) is 3.27. The summed E-state index contributed by atoms with van der Waals surface area (Å²) in [5.74, 6) is -0.989. The molecule has 134 valence electrons. The first-order chi connectivity index (χ1) is 13.0. The molecule has 5 nitrogen and oxygen atoms in total. The van der Waals surface area contributed by atoms with Crippen LogP contribution in [-0.2, 0) is 6.54 Å². The molecule has 2 aromatic carbocycles. The van der Waals surface area contributed by atoms with Crippen molar-refractivity contribution in [2.45, 2.75) is 13.5 Å². The van der Waals surface area contributed by atoms with Gasteiger partial charge in [-0.15, -0.1) is 11.3 Å². The summed E-state index contributed by atoms with van der Waals surface area (Å²) in [4.78, 5) is 29.4. The van der Waals surface area contributed by atoms with Crippen LogP contribution in [0.5, 0.6) is 0 Å². The summed E-state index contributed by atoms with van der Waals surface area (Å²) in [6, 6.07) is 14.6. The van der Waals surface area contributed by atoms with Gasteiger partial charge < -0.3 is 5.11 Å². The number of carboxylic acids is 1. The Balaban J connectivity index is 1.79. The number of aryl methyl sites for hydroxylation is 1. The summed E-state index contributed by atoms with van der Waals surface area (Å²) in [6.45, 7) is 2.29. The number of carboxylic acid groups (broad SMARTS) is 1. The highest BCUT2D eigenvalue weighted by Gasteiger charge is 2.14. The maximum absolute atomic E-state index is 13.1. The molecule has 0 fully saturated rings. The highest BCUT2D eigenvalue weighted by molar-refractivity contribution is 7.17. The average Bonchev–Trinajstić information content (AvgIpc) is 3.10. The van der Waals surface area contributed by atoms with Crippen LogP contribution in [0.1, 0.15) is 21.5 Å². The Morgan fingerprint density at radius 2 is 1.96 bits per heavy atom. The van der Waals surface area contributed by atoms with Crippen LogP contribution in [0.3, 0.4) is 0 Å². The van der Waals surface area contributed by atoms with Gasteiger partial charge in [-0.1, -0.05) is 42.0 Å². The molecule has 0 saturated carbocycles. The number of nitrogens with zero attached hydrogens (tertiary/aromatic N) is 2. The first kappa shape index (κ1) is 17.2. The van der Waals surface area contributed by atoms with Crippen molar-refractivity contribution >= 4 is 27.5 Å². The molecule has 0 spiro atoms. The molecular formula is C21H16N2O3S. The van der Waals surface area contributed by atoms with Crippen molar-refractivity contribution < 1.29 is 9.90 Å². The second-order valence-corrected chi connectivity index (χ2v) is 7.24. The number of hydrogen-bond acceptors (Lipinski definition) is 4. The molecule has 0 aliphatic heterocycles. The van der Waals surface area contributed by atoms with Crippen molar-refractivity contribution in [1.29, 1.82) is 0 Å². The Kier molecular flexibility index (Phi) is 4.33. The molecule has 1 N–H and O–H groups in total. The Hall–Kier alpha value is -3.25. The molecule has 4 rings (SSSR count). The summed E-state index contributed by atoms with van der Waals surface area (Å²) < 4.78 is 1.52. The van der Waals surface area contributed by atoms with E-state index in [1.165, 1.54) is 28.3 Å². The second kappa shape index (κ2) is 6.81. The fourth-order valence-electron chi connectivity index (χ4n) is 3.03. The molecule has 27 heavy (non-hydrogen) atoms. The maximum atomic E-state index is 13.1. The first-order valence-electron chi connectivity index (χ1n) is 8.39. The summed E-state index contributed by atoms with van der Waals surface area (Å²) in [5, 5.41) is 11.7. The van der Waals surface area contributed by atoms with Gasteiger partial charge in [-0.25, -0.2) is 9.78 Å². The smallest absolute Gasteiger partial charge is 0.335 e. The van der Waals surface area contributed by atoms with Crippen molar-refractivity contribution in [2.75, 3.05) is 0 Å². The number of aromatic nitrogens is 2. The lowest BCUT2D eigenvalue weighted by atomic mass is 10.0. The Morgan fingerprint density at radius 3 is 2.70 bits per heavy atom. The fraction of sp³-hybridized carbons (Fsp3) is 0.0952. The molecule has 0 unspecified atom stereocenters. The number of thiophene rings is 1. The number of hydrogen-bond donors (Lipinski definition) is 1. The van der Waals surface area contributed by atoms with Crippen LogP contribution in [-0.4, -0.2) is 20.6 Å². The van der Waals surface area contributed by atoms with E-state index in [0.717, 1.165) is 22.3 Å². The van der Waals surface area contributed by atoms with Gasteiger partial charge in [-0.05, 0) is 30.2 Å². The van der Waals surface area contributed by atoms with E-state index in [1.54, 1.807) is 18.2 Å². The van der Waals surface area contributed by atoms with Gasteiger partial charge in [-0.2, -0.15) is 0 Å². The lowest BCUT2D eigenvalue weighted by Crippen LogP contribution is -2.21. The first-order valence-corrected chi connectivity index (χ1v) is 9.27. The summed E-state index contributed by atoms with van der Waals surface area (Å²) in [5.41, 5.74) is 3.83. The van der Waals surface area contributed by atoms with E-state index >= 15 is 0 Å². The monoisotopic (exact) mass is 376 g/mol. The molecular weight excluding hydrogens is 360 g/mol. The van der Waals surface area contributed by atoms with E-state index < -0.39 is 5.97 Å². The zero-order valence-corrected chi connectivity index (χ0v) is 15.4. The molecule has 0 saturated heterocycles. The minimum absolute atomic E-state index is 0.127. The lowest BCUT2D eigenvalue weighted by Gasteiger charge is -2.07. The van der Waals surface area contributed by atoms with E-state index in [4.69, 9.17) is 5.11 Å². The van der Waals surface area contributed by atoms with Gasteiger partial charge >= 0.3 is 5.97 Å². The standard InChI is InChI=1S/C21H16N2O3S/c1-13-5-7-15(8-6-13)17-11-27-19-18(17)20(24)23(12-22-19)10-14-3-2-4-16(9-14)21(25)26/h2-9,11-12H,10H2,1H3,(H,25,26). The predicted molar refractivity (Wildman–Crippen MR) is 107 cm³/mol. The fourth-order valence-corrected chi connectivity index (χ4v) is 3.93. The van der Waals surface area contributed by atoms with Gasteiger partial charge in [0.1, 0.15) is 4.83 Å². The molecule has 0 bridgehead atoms. The number of aromatic carboxylic acids is 1. The van der Waals surface area contributed by atoms with Crippen molar-refractivity contribution in [3.63, 3.8) is 0 Å². The molecule has 0 aliphatic rings. The summed E-state index contributed by atoms with van der Waals surface area (Å²) in [6.07, 6.45) is 1.52. The highest BCUT2D eigenvalue weighted by atomic mass is 32.1. The number of benzene rings is 2. The van der Waals surface area contributed by atoms with Crippen molar-refractivity contribution in [3.8, 4) is 11.1 Å². The van der Waals surface area contributed by atoms with E-state index in [9.17, 15) is 9.59 Å². The minimum atomic E-state index is -0.989. The highest BCUT2D eigenvalue weighted by Crippen LogP contribution is 2.30. The van der Waals surface area contributed by atoms with Gasteiger partial charge in [0, 0.05) is 10.9 Å². The third-order valence-corrected chi connectivity index (χ3v) is 5.34. The maximum Gasteiger partial charge on any atom is 0.335 e. The van der Waals surface area contributed by atoms with Gasteiger partial charge in [0.25, 0.3) is 5.56 Å². The van der Waals surface area contributed by atoms with Gasteiger partial charge in [-0.3, -0.25) is 9.36 Å². The minimum Gasteiger partial charge on any atom is -0.478 e. The second-order valence-electron chi connectivity index (χ2n) is 6.38. The van der Waals surface area contributed by atoms with Crippen LogP contribution in [0.25, 0.3) is 21.3 Å². The van der Waals surface area contributed by atoms with Crippen molar-refractivity contribution in [2.24, 2.45) is 0 Å². The average molecular weight is 376 g/mol. The SMILES string of the molecule is Cc1ccc(-c2csc3ncn(Cc4cccc(C(=O)O)c4)c(=O)c23)cc1. The van der Waals surface area contributed by atoms with Gasteiger partial charge in [0.15, 0.2) is 0 Å². The molecule has 0 atom stereocenters. The van der Waals surface area contributed by atoms with Crippen molar-refractivity contribution in [3.05, 3.63) is 87.3 Å². The molecule has 0 aliphatic carbocycles. The lowest BCUT2D eigenvalue weighted by molar-refractivity contribution is 0.0696. The van der Waals surface area contributed by atoms with Gasteiger partial charge in [0.2, 0.25) is 0 Å². The van der Waals surface area contributed by atoms with Crippen LogP contribution in [0, 0.1) is 6.92 Å². The molecule has 6 heteroatoms. The van der Waals surface area contributed by atoms with Crippen LogP contribution in [0.4, 0.5) is 0 Å². The zero-order chi connectivity index (χ0) is 19.0. The van der Waals surface area contributed by atoms with Gasteiger partial charge in [0.05, 0.1) is 23.8 Å². The van der Waals surface area contributed by atoms with E-state index in [1.807, 2.05) is 36.6 Å². The topological polar surface area (TPSA) is 72.2 Å². The molecule has 0 radical (unpaired) electrons. The van der Waals surface area contributed by atoms with Crippen LogP contribution >= 0.6 is 11.3 Å². The number of carbonyl (C=O) groups is 1. The van der Waals surface area contributed by atoms with E-state index in [-0.39, 0.29) is 17.7 Å². The third-order valence-electron chi connectivity index (χ3n) is 4.45. The number of rotatable bonds is 4. The van der Waals surface area contributed by atoms with E-state index in [0.29, 0.717) is 10.2 Å². The predicted octanol–water partition coefficient (Wildman–Crippen LogP) is 4.18. The van der Waals surface area contributed by atoms with Crippen LogP contribution in [0.2, 0.25) is 0 Å². The molecule has 2 heterocycles. The van der Waals surface area contributed by atoms with Crippen LogP contribution < -0.4 is 5.56 Å². The Morgan fingerprint density at radius 1 is 1.19 bits per heavy atom. The quantitative estimate of drug-likeness (QED) is 0.580. The normalized spacial score (nSPS) is 11.0. The Labute approximate surface area is 159 Å². The molecule has 0 amide bonds. The number of fused-ring (bicyclic) bond motifs is 1. The van der Waals surface area contributed by atoms with Crippen LogP contribution in [0.15, 0.2) is 65.0 Å². The molecule has 4 aromatic rings. The molecule has 2 aromatic heterocycles.